The van der Waals surface area contributed by atoms with Gasteiger partial charge in [-0.2, -0.15) is 15.5 Å². The number of rotatable bonds is 4. The number of fused-ring (bicyclic) bond motifs is 3. The molecule has 0 amide bonds. The van der Waals surface area contributed by atoms with E-state index in [0.717, 1.165) is 43.2 Å². The zero-order valence-corrected chi connectivity index (χ0v) is 17.8. The molecular weight excluding hydrogens is 414 g/mol. The lowest BCUT2D eigenvalue weighted by Crippen LogP contribution is -2.34. The molecule has 158 valence electrons. The van der Waals surface area contributed by atoms with E-state index in [0.29, 0.717) is 22.2 Å². The van der Waals surface area contributed by atoms with Crippen LogP contribution in [0.1, 0.15) is 32.1 Å². The Morgan fingerprint density at radius 2 is 2.00 bits per heavy atom. The first-order chi connectivity index (χ1) is 14.9. The molecule has 0 bridgehead atoms. The molecule has 0 saturated heterocycles. The van der Waals surface area contributed by atoms with Crippen LogP contribution in [-0.4, -0.2) is 39.6 Å². The monoisotopic (exact) mass is 435 g/mol. The van der Waals surface area contributed by atoms with Gasteiger partial charge in [-0.3, -0.25) is 9.78 Å². The predicted molar refractivity (Wildman–Crippen MR) is 117 cm³/mol. The molecule has 3 heterocycles. The molecule has 2 N–H and O–H groups in total. The minimum atomic E-state index is -3.33. The molecule has 10 heteroatoms. The van der Waals surface area contributed by atoms with Gasteiger partial charge in [0.05, 0.1) is 40.8 Å². The Morgan fingerprint density at radius 1 is 1.19 bits per heavy atom. The average molecular weight is 436 g/mol. The van der Waals surface area contributed by atoms with E-state index in [1.54, 1.807) is 35.3 Å². The molecular formula is C21H21N7O2S. The maximum absolute atomic E-state index is 12.0. The summed E-state index contributed by atoms with van der Waals surface area (Å²) >= 11 is 0. The largest absolute Gasteiger partial charge is 0.336 e. The van der Waals surface area contributed by atoms with Crippen molar-refractivity contribution >= 4 is 43.1 Å². The van der Waals surface area contributed by atoms with Crippen molar-refractivity contribution in [2.75, 3.05) is 11.6 Å². The van der Waals surface area contributed by atoms with E-state index in [2.05, 4.69) is 31.7 Å². The van der Waals surface area contributed by atoms with Crippen molar-refractivity contribution < 1.29 is 8.42 Å². The van der Waals surface area contributed by atoms with E-state index in [1.807, 2.05) is 6.20 Å². The summed E-state index contributed by atoms with van der Waals surface area (Å²) in [5.74, 6) is 0.557. The van der Waals surface area contributed by atoms with Crippen molar-refractivity contribution in [1.82, 2.24) is 25.0 Å². The number of pyridine rings is 1. The Labute approximate surface area is 179 Å². The second-order valence-electron chi connectivity index (χ2n) is 8.07. The van der Waals surface area contributed by atoms with Crippen LogP contribution in [0.15, 0.2) is 41.7 Å². The van der Waals surface area contributed by atoms with Crippen molar-refractivity contribution in [3.8, 4) is 6.07 Å². The van der Waals surface area contributed by atoms with Gasteiger partial charge in [0.25, 0.3) is 0 Å². The van der Waals surface area contributed by atoms with Gasteiger partial charge >= 0.3 is 0 Å². The van der Waals surface area contributed by atoms with Gasteiger partial charge in [0, 0.05) is 17.0 Å². The van der Waals surface area contributed by atoms with Gasteiger partial charge in [0.1, 0.15) is 11.1 Å². The normalized spacial score (nSPS) is 16.4. The summed E-state index contributed by atoms with van der Waals surface area (Å²) in [4.78, 5) is 4.91. The third-order valence-corrected chi connectivity index (χ3v) is 7.08. The molecule has 1 saturated carbocycles. The van der Waals surface area contributed by atoms with Gasteiger partial charge in [-0.05, 0) is 43.9 Å². The van der Waals surface area contributed by atoms with Crippen molar-refractivity contribution in [2.45, 2.75) is 42.5 Å². The number of nitrogens with one attached hydrogen (secondary N) is 2. The van der Waals surface area contributed by atoms with E-state index in [9.17, 15) is 13.7 Å². The van der Waals surface area contributed by atoms with Gasteiger partial charge in [-0.25, -0.2) is 13.4 Å². The third kappa shape index (κ3) is 3.31. The highest BCUT2D eigenvalue weighted by Crippen LogP contribution is 2.35. The number of nitriles is 1. The van der Waals surface area contributed by atoms with Crippen LogP contribution in [0.3, 0.4) is 0 Å². The smallest absolute Gasteiger partial charge is 0.175 e. The second-order valence-corrected chi connectivity index (χ2v) is 10.1. The summed E-state index contributed by atoms with van der Waals surface area (Å²) < 4.78 is 25.7. The molecule has 1 aromatic carbocycles. The highest BCUT2D eigenvalue weighted by atomic mass is 32.2. The van der Waals surface area contributed by atoms with Gasteiger partial charge in [0.2, 0.25) is 0 Å². The van der Waals surface area contributed by atoms with Crippen LogP contribution in [0.25, 0.3) is 21.8 Å². The third-order valence-electron chi connectivity index (χ3n) is 5.97. The molecule has 0 unspecified atom stereocenters. The number of aromatic amines is 1. The molecule has 5 rings (SSSR count). The van der Waals surface area contributed by atoms with Crippen molar-refractivity contribution in [1.29, 1.82) is 5.26 Å². The zero-order valence-electron chi connectivity index (χ0n) is 17.0. The molecule has 0 radical (unpaired) electrons. The lowest BCUT2D eigenvalue weighted by Gasteiger charge is -2.30. The Bertz CT molecular complexity index is 1440. The first kappa shape index (κ1) is 19.5. The topological polar surface area (TPSA) is 129 Å². The van der Waals surface area contributed by atoms with E-state index >= 15 is 0 Å². The number of benzene rings is 1. The van der Waals surface area contributed by atoms with Gasteiger partial charge < -0.3 is 5.32 Å². The summed E-state index contributed by atoms with van der Waals surface area (Å²) in [7, 11) is -3.33. The number of hydrogen-bond acceptors (Lipinski definition) is 7. The van der Waals surface area contributed by atoms with Crippen LogP contribution in [0.5, 0.6) is 0 Å². The van der Waals surface area contributed by atoms with Crippen LogP contribution in [0.4, 0.5) is 11.5 Å². The van der Waals surface area contributed by atoms with Gasteiger partial charge in [-0.15, -0.1) is 0 Å². The van der Waals surface area contributed by atoms with Gasteiger partial charge in [-0.1, -0.05) is 6.42 Å². The van der Waals surface area contributed by atoms with Crippen LogP contribution >= 0.6 is 0 Å². The second kappa shape index (κ2) is 7.06. The first-order valence-corrected chi connectivity index (χ1v) is 12.0. The molecule has 4 aromatic rings. The molecule has 1 fully saturated rings. The van der Waals surface area contributed by atoms with Crippen molar-refractivity contribution in [3.63, 3.8) is 0 Å². The predicted octanol–water partition coefficient (Wildman–Crippen LogP) is 3.64. The van der Waals surface area contributed by atoms with Crippen LogP contribution in [0, 0.1) is 11.3 Å². The van der Waals surface area contributed by atoms with E-state index in [4.69, 9.17) is 0 Å². The molecule has 1 aliphatic carbocycles. The highest BCUT2D eigenvalue weighted by molar-refractivity contribution is 7.90. The Kier molecular flexibility index (Phi) is 4.44. The Hall–Kier alpha value is -3.45. The number of nitrogens with zero attached hydrogens (tertiary/aromatic N) is 5. The van der Waals surface area contributed by atoms with Crippen LogP contribution < -0.4 is 5.32 Å². The average Bonchev–Trinajstić information content (AvgIpc) is 3.44. The minimum Gasteiger partial charge on any atom is -0.336 e. The molecule has 31 heavy (non-hydrogen) atoms. The lowest BCUT2D eigenvalue weighted by atomic mass is 9.83. The molecule has 0 spiro atoms. The maximum Gasteiger partial charge on any atom is 0.175 e. The van der Waals surface area contributed by atoms with Crippen LogP contribution in [0.2, 0.25) is 0 Å². The number of hydrogen-bond donors (Lipinski definition) is 2. The summed E-state index contributed by atoms with van der Waals surface area (Å²) in [6, 6.07) is 7.34. The summed E-state index contributed by atoms with van der Waals surface area (Å²) in [6.07, 6.45) is 11.2. The zero-order chi connectivity index (χ0) is 21.6. The number of H-pyrrole nitrogens is 1. The van der Waals surface area contributed by atoms with Gasteiger partial charge in [0.15, 0.2) is 15.7 Å². The van der Waals surface area contributed by atoms with E-state index in [1.165, 1.54) is 6.26 Å². The summed E-state index contributed by atoms with van der Waals surface area (Å²) in [5, 5.41) is 26.1. The number of sulfone groups is 1. The molecule has 9 nitrogen and oxygen atoms in total. The van der Waals surface area contributed by atoms with Crippen molar-refractivity contribution in [3.05, 3.63) is 36.8 Å². The fraction of sp³-hybridized carbons (Fsp3) is 0.333. The molecule has 0 aliphatic heterocycles. The van der Waals surface area contributed by atoms with E-state index < -0.39 is 15.4 Å². The minimum absolute atomic E-state index is 0.237. The summed E-state index contributed by atoms with van der Waals surface area (Å²) in [6.45, 7) is 0. The molecule has 3 aromatic heterocycles. The fourth-order valence-corrected chi connectivity index (χ4v) is 4.93. The fourth-order valence-electron chi connectivity index (χ4n) is 4.28. The highest BCUT2D eigenvalue weighted by Gasteiger charge is 2.34. The van der Waals surface area contributed by atoms with E-state index in [-0.39, 0.29) is 4.90 Å². The first-order valence-electron chi connectivity index (χ1n) is 10.1. The molecule has 0 atom stereocenters. The lowest BCUT2D eigenvalue weighted by molar-refractivity contribution is 0.244. The quantitative estimate of drug-likeness (QED) is 0.500. The number of anilines is 2. The number of aromatic nitrogens is 5. The van der Waals surface area contributed by atoms with Crippen LogP contribution in [-0.2, 0) is 15.4 Å². The standard InChI is InChI=1S/C21H21N7O2S/c1-31(29,30)15-5-6-18-16(9-15)17-11-23-27-19(17)20(26-18)25-14-10-24-28(12-14)21(13-22)7-3-2-4-8-21/h5-6,9-12H,2-4,7-8H2,1H3,(H,23,27)(H,25,26). The summed E-state index contributed by atoms with van der Waals surface area (Å²) in [5.41, 5.74) is 1.44. The maximum atomic E-state index is 12.0. The van der Waals surface area contributed by atoms with Crippen molar-refractivity contribution in [2.24, 2.45) is 0 Å². The Morgan fingerprint density at radius 3 is 2.74 bits per heavy atom. The Balaban J connectivity index is 1.55. The molecule has 1 aliphatic rings. The SMILES string of the molecule is CS(=O)(=O)c1ccc2nc(Nc3cnn(C4(C#N)CCCCC4)c3)c3[nH]ncc3c2c1.